The number of carboxylic acid groups (broad SMARTS) is 1. The van der Waals surface area contributed by atoms with E-state index in [0.29, 0.717) is 16.9 Å². The lowest BCUT2D eigenvalue weighted by Gasteiger charge is -2.12. The highest BCUT2D eigenvalue weighted by molar-refractivity contribution is 7.92. The van der Waals surface area contributed by atoms with Gasteiger partial charge in [-0.1, -0.05) is 49.4 Å². The fourth-order valence-electron chi connectivity index (χ4n) is 3.26. The maximum Gasteiger partial charge on any atom is 0.304 e. The molecule has 0 spiro atoms. The molecule has 3 N–H and O–H groups in total. The Labute approximate surface area is 181 Å². The van der Waals surface area contributed by atoms with Gasteiger partial charge in [0.05, 0.1) is 17.9 Å². The van der Waals surface area contributed by atoms with Crippen LogP contribution >= 0.6 is 0 Å². The molecule has 0 fully saturated rings. The number of hydrogen-bond donors (Lipinski definition) is 3. The smallest absolute Gasteiger partial charge is 0.304 e. The van der Waals surface area contributed by atoms with Crippen LogP contribution in [0.5, 0.6) is 0 Å². The van der Waals surface area contributed by atoms with Crippen molar-refractivity contribution in [2.75, 3.05) is 10.5 Å². The molecule has 162 valence electrons. The second-order valence-corrected chi connectivity index (χ2v) is 9.23. The molecule has 0 saturated carbocycles. The van der Waals surface area contributed by atoms with E-state index in [4.69, 9.17) is 5.11 Å². The minimum atomic E-state index is -3.73. The summed E-state index contributed by atoms with van der Waals surface area (Å²) in [6.45, 7) is 3.88. The molecule has 1 atom stereocenters. The predicted molar refractivity (Wildman–Crippen MR) is 119 cm³/mol. The van der Waals surface area contributed by atoms with Crippen LogP contribution in [0.15, 0.2) is 60.7 Å². The van der Waals surface area contributed by atoms with Crippen LogP contribution in [0, 0.1) is 6.92 Å². The molecule has 31 heavy (non-hydrogen) atoms. The minimum Gasteiger partial charge on any atom is -0.481 e. The Balaban J connectivity index is 1.74. The second kappa shape index (κ2) is 9.18. The second-order valence-electron chi connectivity index (χ2n) is 7.39. The quantitative estimate of drug-likeness (QED) is 0.436. The van der Waals surface area contributed by atoms with Crippen LogP contribution < -0.4 is 4.72 Å². The van der Waals surface area contributed by atoms with E-state index in [1.54, 1.807) is 36.4 Å². The first-order valence-corrected chi connectivity index (χ1v) is 11.4. The number of anilines is 1. The average Bonchev–Trinajstić information content (AvgIpc) is 3.14. The van der Waals surface area contributed by atoms with Crippen LogP contribution in [0.1, 0.15) is 52.1 Å². The molecule has 8 heteroatoms. The van der Waals surface area contributed by atoms with Crippen LogP contribution in [0.2, 0.25) is 0 Å². The van der Waals surface area contributed by atoms with Gasteiger partial charge in [-0.2, -0.15) is 0 Å². The number of carbonyl (C=O) groups excluding carboxylic acids is 1. The van der Waals surface area contributed by atoms with Crippen molar-refractivity contribution in [1.29, 1.82) is 0 Å². The Morgan fingerprint density at radius 3 is 2.32 bits per heavy atom. The van der Waals surface area contributed by atoms with Crippen molar-refractivity contribution in [3.8, 4) is 0 Å². The number of carboxylic acids is 1. The summed E-state index contributed by atoms with van der Waals surface area (Å²) in [6, 6.07) is 17.9. The normalized spacial score (nSPS) is 12.3. The van der Waals surface area contributed by atoms with Gasteiger partial charge in [0.1, 0.15) is 0 Å². The van der Waals surface area contributed by atoms with Gasteiger partial charge in [-0.15, -0.1) is 0 Å². The molecular formula is C23H24N2O5S. The lowest BCUT2D eigenvalue weighted by Crippen LogP contribution is -2.18. The van der Waals surface area contributed by atoms with Gasteiger partial charge in [-0.3, -0.25) is 14.3 Å². The molecule has 0 aliphatic heterocycles. The molecule has 0 radical (unpaired) electrons. The number of aryl methyl sites for hydroxylation is 1. The molecule has 0 bridgehead atoms. The third-order valence-corrected chi connectivity index (χ3v) is 6.32. The van der Waals surface area contributed by atoms with Gasteiger partial charge in [0.25, 0.3) is 0 Å². The predicted octanol–water partition coefficient (Wildman–Crippen LogP) is 3.92. The first-order valence-electron chi connectivity index (χ1n) is 9.78. The third kappa shape index (κ3) is 5.61. The lowest BCUT2D eigenvalue weighted by atomic mass is 9.97. The Bertz CT molecular complexity index is 1180. The molecule has 0 aliphatic rings. The summed E-state index contributed by atoms with van der Waals surface area (Å²) in [5.74, 6) is -1.77. The van der Waals surface area contributed by atoms with E-state index in [2.05, 4.69) is 9.71 Å². The van der Waals surface area contributed by atoms with E-state index in [1.165, 1.54) is 0 Å². The van der Waals surface area contributed by atoms with Crippen molar-refractivity contribution in [3.05, 3.63) is 88.7 Å². The molecular weight excluding hydrogens is 416 g/mol. The van der Waals surface area contributed by atoms with Crippen LogP contribution in [0.25, 0.3) is 0 Å². The summed E-state index contributed by atoms with van der Waals surface area (Å²) in [6.07, 6.45) is -0.458. The number of sulfonamides is 1. The summed E-state index contributed by atoms with van der Waals surface area (Å²) >= 11 is 0. The average molecular weight is 441 g/mol. The molecule has 3 aromatic rings. The van der Waals surface area contributed by atoms with Gasteiger partial charge >= 0.3 is 5.97 Å². The van der Waals surface area contributed by atoms with Crippen LogP contribution in [0.3, 0.4) is 0 Å². The SMILES string of the molecule is Cc1cc(C(C)c2ccc(NS(=O)(=O)CCC(=O)O)cc2)[nH]c1C(=O)c1ccccc1. The van der Waals surface area contributed by atoms with Crippen molar-refractivity contribution in [2.24, 2.45) is 0 Å². The molecule has 0 aliphatic carbocycles. The Morgan fingerprint density at radius 2 is 1.71 bits per heavy atom. The van der Waals surface area contributed by atoms with E-state index in [-0.39, 0.29) is 11.7 Å². The number of carbonyl (C=O) groups is 2. The van der Waals surface area contributed by atoms with E-state index >= 15 is 0 Å². The number of nitrogens with one attached hydrogen (secondary N) is 2. The molecule has 1 unspecified atom stereocenters. The zero-order valence-corrected chi connectivity index (χ0v) is 18.1. The molecule has 7 nitrogen and oxygen atoms in total. The van der Waals surface area contributed by atoms with E-state index in [1.807, 2.05) is 38.1 Å². The number of H-pyrrole nitrogens is 1. The summed E-state index contributed by atoms with van der Waals surface area (Å²) in [5.41, 5.74) is 4.21. The van der Waals surface area contributed by atoms with Gasteiger partial charge in [-0.25, -0.2) is 8.42 Å². The molecule has 3 rings (SSSR count). The largest absolute Gasteiger partial charge is 0.481 e. The fraction of sp³-hybridized carbons (Fsp3) is 0.217. The maximum atomic E-state index is 12.8. The highest BCUT2D eigenvalue weighted by Gasteiger charge is 2.19. The van der Waals surface area contributed by atoms with Crippen LogP contribution in [-0.4, -0.2) is 36.0 Å². The van der Waals surface area contributed by atoms with Gasteiger partial charge in [0.15, 0.2) is 0 Å². The maximum absolute atomic E-state index is 12.8. The van der Waals surface area contributed by atoms with Gasteiger partial charge in [0, 0.05) is 22.9 Å². The summed E-state index contributed by atoms with van der Waals surface area (Å²) in [7, 11) is -3.73. The number of aromatic nitrogens is 1. The van der Waals surface area contributed by atoms with Crippen molar-refractivity contribution >= 4 is 27.5 Å². The zero-order chi connectivity index (χ0) is 22.6. The number of benzene rings is 2. The van der Waals surface area contributed by atoms with Crippen molar-refractivity contribution in [1.82, 2.24) is 4.98 Å². The number of ketones is 1. The van der Waals surface area contributed by atoms with Crippen molar-refractivity contribution in [2.45, 2.75) is 26.2 Å². The Morgan fingerprint density at radius 1 is 1.06 bits per heavy atom. The Hall–Kier alpha value is -3.39. The van der Waals surface area contributed by atoms with Crippen LogP contribution in [-0.2, 0) is 14.8 Å². The van der Waals surface area contributed by atoms with Gasteiger partial charge in [0.2, 0.25) is 15.8 Å². The Kier molecular flexibility index (Phi) is 6.60. The summed E-state index contributed by atoms with van der Waals surface area (Å²) in [4.78, 5) is 26.6. The van der Waals surface area contributed by atoms with E-state index in [9.17, 15) is 18.0 Å². The lowest BCUT2D eigenvalue weighted by molar-refractivity contribution is -0.136. The third-order valence-electron chi connectivity index (χ3n) is 5.03. The van der Waals surface area contributed by atoms with Gasteiger partial charge < -0.3 is 10.1 Å². The monoisotopic (exact) mass is 440 g/mol. The van der Waals surface area contributed by atoms with Gasteiger partial charge in [-0.05, 0) is 36.2 Å². The molecule has 2 aromatic carbocycles. The van der Waals surface area contributed by atoms with Crippen LogP contribution in [0.4, 0.5) is 5.69 Å². The number of rotatable bonds is 9. The standard InChI is InChI=1S/C23H24N2O5S/c1-15-14-20(24-22(15)23(28)18-6-4-3-5-7-18)16(2)17-8-10-19(11-9-17)25-31(29,30)13-12-21(26)27/h3-11,14,16,24-25H,12-13H2,1-2H3,(H,26,27). The number of aromatic amines is 1. The van der Waals surface area contributed by atoms with Crippen molar-refractivity contribution < 1.29 is 23.1 Å². The van der Waals surface area contributed by atoms with E-state index in [0.717, 1.165) is 16.8 Å². The first-order chi connectivity index (χ1) is 14.7. The van der Waals surface area contributed by atoms with Crippen molar-refractivity contribution in [3.63, 3.8) is 0 Å². The number of hydrogen-bond acceptors (Lipinski definition) is 4. The number of aliphatic carboxylic acids is 1. The molecule has 1 aromatic heterocycles. The topological polar surface area (TPSA) is 116 Å². The zero-order valence-electron chi connectivity index (χ0n) is 17.3. The molecule has 0 saturated heterocycles. The summed E-state index contributed by atoms with van der Waals surface area (Å²) < 4.78 is 26.3. The highest BCUT2D eigenvalue weighted by atomic mass is 32.2. The molecule has 0 amide bonds. The first kappa shape index (κ1) is 22.3. The highest BCUT2D eigenvalue weighted by Crippen LogP contribution is 2.27. The minimum absolute atomic E-state index is 0.0475. The van der Waals surface area contributed by atoms with E-state index < -0.39 is 28.2 Å². The molecule has 1 heterocycles. The summed E-state index contributed by atoms with van der Waals surface area (Å²) in [5, 5.41) is 8.65. The fourth-order valence-corrected chi connectivity index (χ4v) is 4.30.